The molecular formula is C75H58N4. The van der Waals surface area contributed by atoms with E-state index in [2.05, 4.69) is 337 Å². The smallest absolute Gasteiger partial charge is 0.0561 e. The van der Waals surface area contributed by atoms with Crippen LogP contribution in [0.3, 0.4) is 0 Å². The lowest BCUT2D eigenvalue weighted by Crippen LogP contribution is -2.14. The molecule has 0 aliphatic rings. The zero-order valence-electron chi connectivity index (χ0n) is 44.6. The quantitative estimate of drug-likeness (QED) is 0.114. The van der Waals surface area contributed by atoms with Gasteiger partial charge in [0.2, 0.25) is 0 Å². The van der Waals surface area contributed by atoms with Crippen LogP contribution in [-0.4, -0.2) is 4.57 Å². The minimum absolute atomic E-state index is 1.04. The first kappa shape index (κ1) is 48.5. The molecule has 4 heteroatoms. The highest BCUT2D eigenvalue weighted by molar-refractivity contribution is 6.12. The predicted octanol–water partition coefficient (Wildman–Crippen LogP) is 21.1. The van der Waals surface area contributed by atoms with Gasteiger partial charge in [0.1, 0.15) is 0 Å². The summed E-state index contributed by atoms with van der Waals surface area (Å²) < 4.78 is 2.40. The topological polar surface area (TPSA) is 14.7 Å². The van der Waals surface area contributed by atoms with E-state index in [1.165, 1.54) is 38.5 Å². The molecule has 4 nitrogen and oxygen atoms in total. The largest absolute Gasteiger partial charge is 0.310 e. The van der Waals surface area contributed by atoms with Crippen LogP contribution in [0, 0.1) is 20.8 Å². The third-order valence-electron chi connectivity index (χ3n) is 15.2. The normalized spacial score (nSPS) is 11.2. The highest BCUT2D eigenvalue weighted by atomic mass is 15.2. The van der Waals surface area contributed by atoms with E-state index < -0.39 is 0 Å². The molecule has 0 saturated heterocycles. The Morgan fingerprint density at radius 3 is 1.22 bits per heavy atom. The fourth-order valence-electron chi connectivity index (χ4n) is 11.5. The number of nitrogens with zero attached hydrogens (tertiary/aromatic N) is 4. The monoisotopic (exact) mass is 1010 g/mol. The lowest BCUT2D eigenvalue weighted by Gasteiger charge is -2.32. The second-order valence-corrected chi connectivity index (χ2v) is 20.4. The fourth-order valence-corrected chi connectivity index (χ4v) is 11.5. The summed E-state index contributed by atoms with van der Waals surface area (Å²) in [7, 11) is 0. The summed E-state index contributed by atoms with van der Waals surface area (Å²) in [4.78, 5) is 7.15. The molecule has 0 amide bonds. The lowest BCUT2D eigenvalue weighted by atomic mass is 9.85. The van der Waals surface area contributed by atoms with E-state index in [1.54, 1.807) is 0 Å². The summed E-state index contributed by atoms with van der Waals surface area (Å²) in [5, 5.41) is 2.41. The first-order chi connectivity index (χ1) is 38.9. The van der Waals surface area contributed by atoms with Crippen molar-refractivity contribution in [3.8, 4) is 39.1 Å². The second kappa shape index (κ2) is 21.1. The van der Waals surface area contributed by atoms with E-state index in [-0.39, 0.29) is 0 Å². The molecule has 13 rings (SSSR count). The molecule has 79 heavy (non-hydrogen) atoms. The van der Waals surface area contributed by atoms with Crippen molar-refractivity contribution in [3.63, 3.8) is 0 Å². The predicted molar refractivity (Wildman–Crippen MR) is 335 cm³/mol. The molecule has 0 bridgehead atoms. The summed E-state index contributed by atoms with van der Waals surface area (Å²) in [6.45, 7) is 6.56. The van der Waals surface area contributed by atoms with E-state index in [1.807, 2.05) is 0 Å². The van der Waals surface area contributed by atoms with E-state index >= 15 is 0 Å². The first-order valence-electron chi connectivity index (χ1n) is 27.2. The number of hydrogen-bond acceptors (Lipinski definition) is 3. The van der Waals surface area contributed by atoms with Gasteiger partial charge in [0.05, 0.1) is 16.7 Å². The van der Waals surface area contributed by atoms with E-state index in [4.69, 9.17) is 0 Å². The number of para-hydroxylation sites is 6. The summed E-state index contributed by atoms with van der Waals surface area (Å²) in [5.74, 6) is 0. The highest BCUT2D eigenvalue weighted by Gasteiger charge is 2.26. The van der Waals surface area contributed by atoms with E-state index in [0.717, 1.165) is 90.2 Å². The minimum Gasteiger partial charge on any atom is -0.310 e. The zero-order valence-corrected chi connectivity index (χ0v) is 44.6. The van der Waals surface area contributed by atoms with Gasteiger partial charge in [0, 0.05) is 67.5 Å². The number of benzene rings is 12. The van der Waals surface area contributed by atoms with E-state index in [9.17, 15) is 0 Å². The van der Waals surface area contributed by atoms with Gasteiger partial charge in [0.15, 0.2) is 0 Å². The van der Waals surface area contributed by atoms with Gasteiger partial charge in [-0.25, -0.2) is 0 Å². The third kappa shape index (κ3) is 9.30. The Morgan fingerprint density at radius 2 is 0.684 bits per heavy atom. The molecular weight excluding hydrogens is 957 g/mol. The van der Waals surface area contributed by atoms with Gasteiger partial charge in [-0.15, -0.1) is 0 Å². The van der Waals surface area contributed by atoms with Crippen molar-refractivity contribution in [2.75, 3.05) is 14.7 Å². The SMILES string of the molecule is Cc1ccc(N(c2ccc(C)cc2)c2ccc(-c3cccc(-c4ccc(N(c5ccccc5)c5ccccc5)cc4N(c4ccccc4)c4ccccc4)c3-c3ccc4c(c3)c3ccccc3n4-c3ccccc3)c(C)c2)cc1. The van der Waals surface area contributed by atoms with Crippen molar-refractivity contribution in [1.29, 1.82) is 0 Å². The number of aromatic nitrogens is 1. The van der Waals surface area contributed by atoms with Gasteiger partial charge in [-0.2, -0.15) is 0 Å². The molecule has 1 heterocycles. The second-order valence-electron chi connectivity index (χ2n) is 20.4. The van der Waals surface area contributed by atoms with Crippen LogP contribution in [0.4, 0.5) is 51.2 Å². The van der Waals surface area contributed by atoms with Crippen LogP contribution in [0.15, 0.2) is 297 Å². The van der Waals surface area contributed by atoms with Crippen LogP contribution in [0.25, 0.3) is 60.9 Å². The molecule has 0 atom stereocenters. The highest BCUT2D eigenvalue weighted by Crippen LogP contribution is 2.50. The Labute approximate surface area is 463 Å². The van der Waals surface area contributed by atoms with Gasteiger partial charge in [-0.05, 0) is 182 Å². The van der Waals surface area contributed by atoms with E-state index in [0.29, 0.717) is 0 Å². The Hall–Kier alpha value is -10.2. The third-order valence-corrected chi connectivity index (χ3v) is 15.2. The maximum atomic E-state index is 2.44. The maximum absolute atomic E-state index is 2.44. The summed E-state index contributed by atoms with van der Waals surface area (Å²) in [5.41, 5.74) is 23.6. The summed E-state index contributed by atoms with van der Waals surface area (Å²) >= 11 is 0. The Kier molecular flexibility index (Phi) is 13.0. The van der Waals surface area contributed by atoms with Crippen LogP contribution in [0.2, 0.25) is 0 Å². The molecule has 13 aromatic rings. The van der Waals surface area contributed by atoms with Crippen molar-refractivity contribution < 1.29 is 0 Å². The lowest BCUT2D eigenvalue weighted by molar-refractivity contribution is 1.18. The molecule has 0 unspecified atom stereocenters. The average molecular weight is 1020 g/mol. The summed E-state index contributed by atoms with van der Waals surface area (Å²) in [6, 6.07) is 108. The Bertz CT molecular complexity index is 4120. The molecule has 0 radical (unpaired) electrons. The van der Waals surface area contributed by atoms with Crippen molar-refractivity contribution in [1.82, 2.24) is 4.57 Å². The first-order valence-corrected chi connectivity index (χ1v) is 27.2. The zero-order chi connectivity index (χ0) is 53.2. The molecule has 378 valence electrons. The minimum atomic E-state index is 1.04. The molecule has 12 aromatic carbocycles. The van der Waals surface area contributed by atoms with Crippen molar-refractivity contribution >= 4 is 73.0 Å². The van der Waals surface area contributed by atoms with Gasteiger partial charge in [-0.1, -0.05) is 181 Å². The molecule has 0 fully saturated rings. The fraction of sp³-hybridized carbons (Fsp3) is 0.0400. The van der Waals surface area contributed by atoms with Crippen molar-refractivity contribution in [2.24, 2.45) is 0 Å². The average Bonchev–Trinajstić information content (AvgIpc) is 3.95. The maximum Gasteiger partial charge on any atom is 0.0561 e. The van der Waals surface area contributed by atoms with Crippen LogP contribution >= 0.6 is 0 Å². The van der Waals surface area contributed by atoms with Crippen LogP contribution in [0.1, 0.15) is 16.7 Å². The molecule has 0 saturated carbocycles. The molecule has 0 N–H and O–H groups in total. The van der Waals surface area contributed by atoms with Gasteiger partial charge >= 0.3 is 0 Å². The Morgan fingerprint density at radius 1 is 0.266 bits per heavy atom. The number of fused-ring (bicyclic) bond motifs is 3. The number of aryl methyl sites for hydroxylation is 3. The molecule has 0 aliphatic heterocycles. The van der Waals surface area contributed by atoms with Crippen molar-refractivity contribution in [3.05, 3.63) is 314 Å². The van der Waals surface area contributed by atoms with Gasteiger partial charge in [0.25, 0.3) is 0 Å². The van der Waals surface area contributed by atoms with Gasteiger partial charge in [-0.3, -0.25) is 0 Å². The standard InChI is InChI=1S/C75H58N4/c1-53-36-41-62(42-37-53)77(63-43-38-54(2)39-44-63)64-45-47-66(55(3)50-64)69-33-21-34-70(75(69)56-40-49-73-71(51-56)67-32-19-20-35-72(67)79(73)61-30-17-8-18-31-61)68-48-46-65(76(57-22-9-4-10-23-57)58-24-11-5-12-25-58)52-74(68)78(59-26-13-6-14-27-59)60-28-15-7-16-29-60/h4-52H,1-3H3. The number of rotatable bonds is 13. The van der Waals surface area contributed by atoms with Gasteiger partial charge < -0.3 is 19.3 Å². The molecule has 0 spiro atoms. The number of hydrogen-bond donors (Lipinski definition) is 0. The summed E-state index contributed by atoms with van der Waals surface area (Å²) in [6.07, 6.45) is 0. The van der Waals surface area contributed by atoms with Crippen molar-refractivity contribution in [2.45, 2.75) is 20.8 Å². The molecule has 1 aromatic heterocycles. The Balaban J connectivity index is 1.09. The number of anilines is 9. The molecule has 0 aliphatic carbocycles. The van der Waals surface area contributed by atoms with Crippen LogP contribution in [-0.2, 0) is 0 Å². The van der Waals surface area contributed by atoms with Crippen LogP contribution < -0.4 is 14.7 Å². The van der Waals surface area contributed by atoms with Crippen LogP contribution in [0.5, 0.6) is 0 Å².